The number of aromatic hydroxyl groups is 1. The van der Waals surface area contributed by atoms with E-state index in [1.54, 1.807) is 12.1 Å². The molecule has 1 N–H and O–H groups in total. The molecule has 0 aliphatic heterocycles. The number of esters is 1. The monoisotopic (exact) mass is 252 g/mol. The molecule has 1 aliphatic carbocycles. The van der Waals surface area contributed by atoms with E-state index in [0.29, 0.717) is 11.5 Å². The summed E-state index contributed by atoms with van der Waals surface area (Å²) in [6.07, 6.45) is 3.21. The first-order valence-corrected chi connectivity index (χ1v) is 6.16. The number of halogens is 1. The lowest BCUT2D eigenvalue weighted by Gasteiger charge is -2.17. The van der Waals surface area contributed by atoms with Crippen molar-refractivity contribution in [3.63, 3.8) is 0 Å². The topological polar surface area (TPSA) is 46.5 Å². The molecule has 0 amide bonds. The molecular formula is C14H17FO3. The third kappa shape index (κ3) is 3.00. The van der Waals surface area contributed by atoms with Crippen molar-refractivity contribution in [1.29, 1.82) is 0 Å². The lowest BCUT2D eigenvalue weighted by molar-refractivity contribution is -0.141. The van der Waals surface area contributed by atoms with Gasteiger partial charge in [0.15, 0.2) is 11.6 Å². The van der Waals surface area contributed by atoms with Crippen LogP contribution in [0.5, 0.6) is 5.75 Å². The van der Waals surface area contributed by atoms with E-state index in [0.717, 1.165) is 19.3 Å². The maximum absolute atomic E-state index is 13.9. The van der Waals surface area contributed by atoms with Crippen LogP contribution in [0.25, 0.3) is 0 Å². The van der Waals surface area contributed by atoms with Gasteiger partial charge in [-0.3, -0.25) is 4.79 Å². The summed E-state index contributed by atoms with van der Waals surface area (Å²) in [5.41, 5.74) is 0.410. The summed E-state index contributed by atoms with van der Waals surface area (Å²) in [6.45, 7) is 0. The molecule has 0 saturated heterocycles. The molecule has 0 aromatic heterocycles. The maximum Gasteiger partial charge on any atom is 0.306 e. The van der Waals surface area contributed by atoms with Gasteiger partial charge >= 0.3 is 5.97 Å². The second kappa shape index (κ2) is 5.38. The first-order chi connectivity index (χ1) is 8.61. The molecule has 1 aromatic rings. The summed E-state index contributed by atoms with van der Waals surface area (Å²) in [6, 6.07) is 4.54. The molecule has 0 radical (unpaired) electrons. The average Bonchev–Trinajstić information content (AvgIpc) is 3.15. The number of phenolic OH excluding ortho intramolecular Hbond substituents is 1. The zero-order valence-electron chi connectivity index (χ0n) is 10.4. The molecule has 0 heterocycles. The van der Waals surface area contributed by atoms with E-state index < -0.39 is 5.82 Å². The highest BCUT2D eigenvalue weighted by molar-refractivity contribution is 5.70. The molecule has 1 atom stereocenters. The van der Waals surface area contributed by atoms with E-state index in [1.165, 1.54) is 13.2 Å². The van der Waals surface area contributed by atoms with E-state index in [1.807, 2.05) is 0 Å². The van der Waals surface area contributed by atoms with E-state index in [4.69, 9.17) is 0 Å². The fourth-order valence-corrected chi connectivity index (χ4v) is 2.21. The number of hydrogen-bond donors (Lipinski definition) is 1. The molecule has 1 aromatic carbocycles. The van der Waals surface area contributed by atoms with Gasteiger partial charge in [0.05, 0.1) is 13.5 Å². The third-order valence-electron chi connectivity index (χ3n) is 3.40. The van der Waals surface area contributed by atoms with Gasteiger partial charge in [0.1, 0.15) is 0 Å². The summed E-state index contributed by atoms with van der Waals surface area (Å²) < 4.78 is 18.5. The molecule has 1 aliphatic rings. The Bertz CT molecular complexity index is 441. The normalized spacial score (nSPS) is 16.3. The van der Waals surface area contributed by atoms with Gasteiger partial charge in [-0.2, -0.15) is 0 Å². The quantitative estimate of drug-likeness (QED) is 0.819. The number of carbonyl (C=O) groups is 1. The Hall–Kier alpha value is -1.58. The van der Waals surface area contributed by atoms with Crippen LogP contribution in [0.4, 0.5) is 4.39 Å². The zero-order valence-corrected chi connectivity index (χ0v) is 10.4. The van der Waals surface area contributed by atoms with E-state index >= 15 is 0 Å². The number of rotatable bonds is 5. The molecular weight excluding hydrogens is 235 g/mol. The predicted octanol–water partition coefficient (Wildman–Crippen LogP) is 2.98. The van der Waals surface area contributed by atoms with Crippen LogP contribution in [-0.2, 0) is 9.53 Å². The summed E-state index contributed by atoms with van der Waals surface area (Å²) in [5, 5.41) is 9.40. The Morgan fingerprint density at radius 1 is 1.56 bits per heavy atom. The van der Waals surface area contributed by atoms with Gasteiger partial charge in [-0.15, -0.1) is 0 Å². The average molecular weight is 252 g/mol. The van der Waals surface area contributed by atoms with Crippen molar-refractivity contribution in [2.45, 2.75) is 31.6 Å². The largest absolute Gasteiger partial charge is 0.505 e. The van der Waals surface area contributed by atoms with Crippen LogP contribution in [0.1, 0.15) is 37.2 Å². The van der Waals surface area contributed by atoms with Crippen LogP contribution >= 0.6 is 0 Å². The molecule has 0 unspecified atom stereocenters. The molecule has 0 spiro atoms. The van der Waals surface area contributed by atoms with Gasteiger partial charge < -0.3 is 9.84 Å². The molecule has 18 heavy (non-hydrogen) atoms. The van der Waals surface area contributed by atoms with E-state index in [2.05, 4.69) is 4.74 Å². The summed E-state index contributed by atoms with van der Waals surface area (Å²) >= 11 is 0. The molecule has 3 nitrogen and oxygen atoms in total. The van der Waals surface area contributed by atoms with Crippen molar-refractivity contribution in [2.75, 3.05) is 7.11 Å². The molecule has 2 rings (SSSR count). The van der Waals surface area contributed by atoms with Crippen molar-refractivity contribution in [2.24, 2.45) is 5.92 Å². The van der Waals surface area contributed by atoms with Crippen molar-refractivity contribution in [3.05, 3.63) is 29.6 Å². The lowest BCUT2D eigenvalue weighted by atomic mass is 9.90. The van der Waals surface area contributed by atoms with Crippen LogP contribution in [0.3, 0.4) is 0 Å². The van der Waals surface area contributed by atoms with Crippen LogP contribution < -0.4 is 0 Å². The third-order valence-corrected chi connectivity index (χ3v) is 3.40. The van der Waals surface area contributed by atoms with Gasteiger partial charge in [-0.1, -0.05) is 25.0 Å². The Labute approximate surface area is 106 Å². The maximum atomic E-state index is 13.9. The van der Waals surface area contributed by atoms with E-state index in [9.17, 15) is 14.3 Å². The van der Waals surface area contributed by atoms with Crippen molar-refractivity contribution >= 4 is 5.97 Å². The molecule has 1 fully saturated rings. The Kier molecular flexibility index (Phi) is 3.84. The predicted molar refractivity (Wildman–Crippen MR) is 64.8 cm³/mol. The Balaban J connectivity index is 2.20. The van der Waals surface area contributed by atoms with Crippen LogP contribution in [-0.4, -0.2) is 18.2 Å². The minimum atomic E-state index is -0.618. The fraction of sp³-hybridized carbons (Fsp3) is 0.500. The zero-order chi connectivity index (χ0) is 13.1. The second-order valence-corrected chi connectivity index (χ2v) is 4.84. The minimum Gasteiger partial charge on any atom is -0.505 e. The number of ether oxygens (including phenoxy) is 1. The standard InChI is InChI=1S/C14H17FO3/c1-18-13(17)8-10(7-9-5-6-9)11-3-2-4-12(16)14(11)15/h2-4,9-10,16H,5-8H2,1H3/t10-/m0/s1. The molecule has 98 valence electrons. The van der Waals surface area contributed by atoms with Crippen LogP contribution in [0, 0.1) is 11.7 Å². The first kappa shape index (κ1) is 12.9. The van der Waals surface area contributed by atoms with Crippen molar-refractivity contribution < 1.29 is 19.0 Å². The molecule has 1 saturated carbocycles. The summed E-state index contributed by atoms with van der Waals surface area (Å²) in [5.74, 6) is -0.966. The molecule has 0 bridgehead atoms. The van der Waals surface area contributed by atoms with Crippen molar-refractivity contribution in [1.82, 2.24) is 0 Å². The van der Waals surface area contributed by atoms with Gasteiger partial charge in [0.25, 0.3) is 0 Å². The fourth-order valence-electron chi connectivity index (χ4n) is 2.21. The minimum absolute atomic E-state index is 0.160. The summed E-state index contributed by atoms with van der Waals surface area (Å²) in [7, 11) is 1.33. The van der Waals surface area contributed by atoms with Crippen LogP contribution in [0.15, 0.2) is 18.2 Å². The second-order valence-electron chi connectivity index (χ2n) is 4.84. The van der Waals surface area contributed by atoms with E-state index in [-0.39, 0.29) is 24.1 Å². The van der Waals surface area contributed by atoms with Gasteiger partial charge in [0, 0.05) is 0 Å². The Morgan fingerprint density at radius 3 is 2.89 bits per heavy atom. The first-order valence-electron chi connectivity index (χ1n) is 6.16. The lowest BCUT2D eigenvalue weighted by Crippen LogP contribution is -2.11. The van der Waals surface area contributed by atoms with Crippen LogP contribution in [0.2, 0.25) is 0 Å². The number of carbonyl (C=O) groups excluding carboxylic acids is 1. The molecule has 4 heteroatoms. The van der Waals surface area contributed by atoms with Gasteiger partial charge in [-0.25, -0.2) is 4.39 Å². The SMILES string of the molecule is COC(=O)C[C@H](CC1CC1)c1cccc(O)c1F. The number of hydrogen-bond acceptors (Lipinski definition) is 3. The number of methoxy groups -OCH3 is 1. The number of phenols is 1. The highest BCUT2D eigenvalue weighted by Crippen LogP contribution is 2.41. The van der Waals surface area contributed by atoms with Gasteiger partial charge in [0.2, 0.25) is 0 Å². The van der Waals surface area contributed by atoms with Gasteiger partial charge in [-0.05, 0) is 29.9 Å². The number of benzene rings is 1. The highest BCUT2D eigenvalue weighted by atomic mass is 19.1. The Morgan fingerprint density at radius 2 is 2.28 bits per heavy atom. The highest BCUT2D eigenvalue weighted by Gasteiger charge is 2.29. The van der Waals surface area contributed by atoms with Crippen molar-refractivity contribution in [3.8, 4) is 5.75 Å². The summed E-state index contributed by atoms with van der Waals surface area (Å²) in [4.78, 5) is 11.4. The smallest absolute Gasteiger partial charge is 0.306 e.